The average Bonchev–Trinajstić information content (AvgIpc) is 2.69. The van der Waals surface area contributed by atoms with Crippen LogP contribution in [-0.2, 0) is 16.2 Å². The minimum Gasteiger partial charge on any atom is -0.297 e. The van der Waals surface area contributed by atoms with Crippen LogP contribution in [0.5, 0.6) is 0 Å². The number of rotatable bonds is 5. The summed E-state index contributed by atoms with van der Waals surface area (Å²) < 4.78 is 65.3. The maximum absolute atomic E-state index is 12.9. The van der Waals surface area contributed by atoms with Crippen LogP contribution in [0.25, 0.3) is 6.08 Å². The van der Waals surface area contributed by atoms with Crippen molar-refractivity contribution in [3.63, 3.8) is 0 Å². The molecule has 28 heavy (non-hydrogen) atoms. The highest BCUT2D eigenvalue weighted by molar-refractivity contribution is 7.89. The molecule has 0 unspecified atom stereocenters. The molecule has 0 atom stereocenters. The Labute approximate surface area is 162 Å². The van der Waals surface area contributed by atoms with Gasteiger partial charge in [0, 0.05) is 32.7 Å². The summed E-state index contributed by atoms with van der Waals surface area (Å²) >= 11 is 0. The molecule has 0 aromatic heterocycles. The molecule has 4 nitrogen and oxygen atoms in total. The van der Waals surface area contributed by atoms with Crippen LogP contribution in [0.2, 0.25) is 0 Å². The van der Waals surface area contributed by atoms with Gasteiger partial charge in [-0.25, -0.2) is 8.42 Å². The number of halogens is 3. The first kappa shape index (κ1) is 20.6. The first-order chi connectivity index (χ1) is 13.3. The highest BCUT2D eigenvalue weighted by Gasteiger charge is 2.33. The van der Waals surface area contributed by atoms with Crippen LogP contribution >= 0.6 is 0 Å². The quantitative estimate of drug-likeness (QED) is 0.754. The second-order valence-corrected chi connectivity index (χ2v) is 8.48. The monoisotopic (exact) mass is 410 g/mol. The number of alkyl halides is 3. The van der Waals surface area contributed by atoms with Gasteiger partial charge >= 0.3 is 6.18 Å². The van der Waals surface area contributed by atoms with Crippen molar-refractivity contribution in [2.24, 2.45) is 0 Å². The Hall–Kier alpha value is -2.16. The maximum Gasteiger partial charge on any atom is 0.416 e. The predicted molar refractivity (Wildman–Crippen MR) is 102 cm³/mol. The van der Waals surface area contributed by atoms with Gasteiger partial charge in [-0.05, 0) is 23.8 Å². The molecule has 0 saturated carbocycles. The van der Waals surface area contributed by atoms with Gasteiger partial charge in [0.15, 0.2) is 0 Å². The molecule has 1 saturated heterocycles. The van der Waals surface area contributed by atoms with Crippen molar-refractivity contribution in [3.05, 3.63) is 71.8 Å². The molecule has 150 valence electrons. The summed E-state index contributed by atoms with van der Waals surface area (Å²) in [5.74, 6) is 0. The zero-order valence-corrected chi connectivity index (χ0v) is 16.0. The Morgan fingerprint density at radius 2 is 1.61 bits per heavy atom. The number of piperazine rings is 1. The van der Waals surface area contributed by atoms with Gasteiger partial charge in [0.2, 0.25) is 10.0 Å². The van der Waals surface area contributed by atoms with Crippen LogP contribution < -0.4 is 0 Å². The van der Waals surface area contributed by atoms with E-state index >= 15 is 0 Å². The Balaban J connectivity index is 1.60. The van der Waals surface area contributed by atoms with Crippen LogP contribution in [0.1, 0.15) is 11.1 Å². The van der Waals surface area contributed by atoms with E-state index in [9.17, 15) is 21.6 Å². The molecule has 2 aromatic rings. The van der Waals surface area contributed by atoms with Gasteiger partial charge in [-0.3, -0.25) is 4.90 Å². The van der Waals surface area contributed by atoms with Gasteiger partial charge < -0.3 is 0 Å². The molecule has 0 spiro atoms. The van der Waals surface area contributed by atoms with Crippen LogP contribution in [0.4, 0.5) is 13.2 Å². The van der Waals surface area contributed by atoms with Gasteiger partial charge in [-0.2, -0.15) is 17.5 Å². The summed E-state index contributed by atoms with van der Waals surface area (Å²) in [7, 11) is -3.94. The largest absolute Gasteiger partial charge is 0.416 e. The lowest BCUT2D eigenvalue weighted by atomic mass is 10.2. The van der Waals surface area contributed by atoms with Gasteiger partial charge in [-0.15, -0.1) is 0 Å². The summed E-state index contributed by atoms with van der Waals surface area (Å²) in [5.41, 5.74) is 0.131. The number of hydrogen-bond acceptors (Lipinski definition) is 3. The Bertz CT molecular complexity index is 920. The fraction of sp³-hybridized carbons (Fsp3) is 0.300. The molecular weight excluding hydrogens is 389 g/mol. The highest BCUT2D eigenvalue weighted by Crippen LogP contribution is 2.31. The van der Waals surface area contributed by atoms with Gasteiger partial charge in [0.1, 0.15) is 0 Å². The van der Waals surface area contributed by atoms with Crippen molar-refractivity contribution < 1.29 is 21.6 Å². The molecule has 1 fully saturated rings. The minimum absolute atomic E-state index is 0.248. The molecular formula is C20H21F3N2O2S. The molecule has 1 aliphatic rings. The fourth-order valence-corrected chi connectivity index (χ4v) is 4.51. The summed E-state index contributed by atoms with van der Waals surface area (Å²) in [6.07, 6.45) is -0.548. The van der Waals surface area contributed by atoms with Gasteiger partial charge in [0.25, 0.3) is 0 Å². The van der Waals surface area contributed by atoms with E-state index in [0.717, 1.165) is 17.7 Å². The maximum atomic E-state index is 12.9. The van der Waals surface area contributed by atoms with Crippen molar-refractivity contribution in [3.8, 4) is 0 Å². The second-order valence-electron chi connectivity index (χ2n) is 6.54. The normalized spacial score (nSPS) is 17.2. The molecule has 1 heterocycles. The zero-order valence-electron chi connectivity index (χ0n) is 15.1. The minimum atomic E-state index is -4.57. The third-order valence-corrected chi connectivity index (χ3v) is 6.50. The lowest BCUT2D eigenvalue weighted by Crippen LogP contribution is -2.48. The van der Waals surface area contributed by atoms with E-state index in [4.69, 9.17) is 0 Å². The molecule has 1 aliphatic heterocycles. The van der Waals surface area contributed by atoms with Crippen LogP contribution in [0, 0.1) is 0 Å². The van der Waals surface area contributed by atoms with Crippen molar-refractivity contribution >= 4 is 16.1 Å². The Kier molecular flexibility index (Phi) is 6.22. The van der Waals surface area contributed by atoms with E-state index < -0.39 is 21.8 Å². The smallest absolute Gasteiger partial charge is 0.297 e. The molecule has 3 rings (SSSR count). The van der Waals surface area contributed by atoms with Crippen LogP contribution in [0.3, 0.4) is 0 Å². The third-order valence-electron chi connectivity index (χ3n) is 4.60. The lowest BCUT2D eigenvalue weighted by molar-refractivity contribution is -0.137. The topological polar surface area (TPSA) is 40.6 Å². The highest BCUT2D eigenvalue weighted by atomic mass is 32.2. The molecule has 2 aromatic carbocycles. The van der Waals surface area contributed by atoms with E-state index in [1.54, 1.807) is 0 Å². The number of sulfonamides is 1. The Morgan fingerprint density at radius 3 is 2.25 bits per heavy atom. The van der Waals surface area contributed by atoms with Gasteiger partial charge in [0.05, 0.1) is 10.5 Å². The first-order valence-electron chi connectivity index (χ1n) is 8.88. The Morgan fingerprint density at radius 1 is 0.929 bits per heavy atom. The van der Waals surface area contributed by atoms with E-state index in [2.05, 4.69) is 4.90 Å². The SMILES string of the molecule is O=S(=O)(c1cccc(C(F)(F)F)c1)N1CCN(C/C=C/c2ccccc2)CC1. The number of benzene rings is 2. The standard InChI is InChI=1S/C20H21F3N2O2S/c21-20(22,23)18-9-4-10-19(16-18)28(26,27)25-14-12-24(13-15-25)11-5-8-17-6-2-1-3-7-17/h1-10,16H,11-15H2/b8-5+. The number of hydrogen-bond donors (Lipinski definition) is 0. The summed E-state index contributed by atoms with van der Waals surface area (Å²) in [4.78, 5) is 1.79. The van der Waals surface area contributed by atoms with E-state index in [0.29, 0.717) is 25.7 Å². The summed E-state index contributed by atoms with van der Waals surface area (Å²) in [6, 6.07) is 13.8. The van der Waals surface area contributed by atoms with Gasteiger partial charge in [-0.1, -0.05) is 48.6 Å². The first-order valence-corrected chi connectivity index (χ1v) is 10.3. The predicted octanol–water partition coefficient (Wildman–Crippen LogP) is 3.73. The van der Waals surface area contributed by atoms with E-state index in [-0.39, 0.29) is 18.0 Å². The van der Waals surface area contributed by atoms with Crippen molar-refractivity contribution in [2.45, 2.75) is 11.1 Å². The van der Waals surface area contributed by atoms with Crippen molar-refractivity contribution in [1.82, 2.24) is 9.21 Å². The molecule has 0 bridgehead atoms. The van der Waals surface area contributed by atoms with Crippen LogP contribution in [-0.4, -0.2) is 50.3 Å². The molecule has 0 aliphatic carbocycles. The van der Waals surface area contributed by atoms with E-state index in [1.165, 1.54) is 10.4 Å². The summed E-state index contributed by atoms with van der Waals surface area (Å²) in [6.45, 7) is 2.23. The number of nitrogens with zero attached hydrogens (tertiary/aromatic N) is 2. The molecule has 0 amide bonds. The molecule has 8 heteroatoms. The summed E-state index contributed by atoms with van der Waals surface area (Å²) in [5, 5.41) is 0. The lowest BCUT2D eigenvalue weighted by Gasteiger charge is -2.33. The van der Waals surface area contributed by atoms with Crippen molar-refractivity contribution in [2.75, 3.05) is 32.7 Å². The average molecular weight is 410 g/mol. The van der Waals surface area contributed by atoms with E-state index in [1.807, 2.05) is 42.5 Å². The zero-order chi connectivity index (χ0) is 20.2. The third kappa shape index (κ3) is 5.01. The molecule has 0 N–H and O–H groups in total. The second kappa shape index (κ2) is 8.46. The molecule has 0 radical (unpaired) electrons. The fourth-order valence-electron chi connectivity index (χ4n) is 3.04. The van der Waals surface area contributed by atoms with Crippen molar-refractivity contribution in [1.29, 1.82) is 0 Å². The van der Waals surface area contributed by atoms with Crippen LogP contribution in [0.15, 0.2) is 65.6 Å².